The molecule has 0 bridgehead atoms. The minimum Gasteiger partial charge on any atom is -0.349 e. The van der Waals surface area contributed by atoms with Crippen molar-refractivity contribution in [2.75, 3.05) is 13.1 Å². The zero-order chi connectivity index (χ0) is 20.3. The first-order valence-corrected chi connectivity index (χ1v) is 11.4. The monoisotopic (exact) mass is 424 g/mol. The summed E-state index contributed by atoms with van der Waals surface area (Å²) in [6.07, 6.45) is 1.12. The summed E-state index contributed by atoms with van der Waals surface area (Å²) in [7, 11) is -3.89. The molecule has 3 rings (SSSR count). The largest absolute Gasteiger partial charge is 0.349 e. The second-order valence-electron chi connectivity index (χ2n) is 6.73. The number of likely N-dealkylation sites (tertiary alicyclic amines) is 1. The maximum absolute atomic E-state index is 13.0. The molecule has 1 N–H and O–H groups in total. The number of carbonyl (C=O) groups excluding carboxylic acids is 2. The van der Waals surface area contributed by atoms with Gasteiger partial charge in [0, 0.05) is 30.1 Å². The number of benzene rings is 1. The maximum atomic E-state index is 13.0. The quantitative estimate of drug-likeness (QED) is 0.748. The number of sulfone groups is 1. The Kier molecular flexibility index (Phi) is 6.14. The highest BCUT2D eigenvalue weighted by Crippen LogP contribution is 2.20. The van der Waals surface area contributed by atoms with Crippen LogP contribution in [0, 0.1) is 5.82 Å². The van der Waals surface area contributed by atoms with Crippen LogP contribution in [0.5, 0.6) is 0 Å². The lowest BCUT2D eigenvalue weighted by Crippen LogP contribution is -2.49. The van der Waals surface area contributed by atoms with Gasteiger partial charge in [-0.15, -0.1) is 0 Å². The number of thiophene rings is 1. The Bertz CT molecular complexity index is 935. The number of piperidine rings is 1. The predicted octanol–water partition coefficient (Wildman–Crippen LogP) is 2.47. The van der Waals surface area contributed by atoms with E-state index >= 15 is 0 Å². The maximum Gasteiger partial charge on any atom is 0.252 e. The van der Waals surface area contributed by atoms with Gasteiger partial charge in [-0.3, -0.25) is 9.59 Å². The molecule has 28 heavy (non-hydrogen) atoms. The van der Waals surface area contributed by atoms with E-state index < -0.39 is 26.8 Å². The first kappa shape index (κ1) is 20.5. The molecule has 0 saturated carbocycles. The minimum atomic E-state index is -3.89. The fourth-order valence-corrected chi connectivity index (χ4v) is 5.10. The van der Waals surface area contributed by atoms with Gasteiger partial charge in [0.1, 0.15) is 11.1 Å². The first-order chi connectivity index (χ1) is 13.3. The van der Waals surface area contributed by atoms with Crippen molar-refractivity contribution in [1.82, 2.24) is 10.2 Å². The summed E-state index contributed by atoms with van der Waals surface area (Å²) >= 11 is 1.45. The highest BCUT2D eigenvalue weighted by Gasteiger charge is 2.34. The van der Waals surface area contributed by atoms with Crippen LogP contribution < -0.4 is 5.32 Å². The summed E-state index contributed by atoms with van der Waals surface area (Å²) in [6.45, 7) is 2.10. The molecule has 2 amide bonds. The Morgan fingerprint density at radius 3 is 2.39 bits per heavy atom. The number of amides is 2. The van der Waals surface area contributed by atoms with Gasteiger partial charge in [0.25, 0.3) is 5.91 Å². The van der Waals surface area contributed by atoms with E-state index in [1.54, 1.807) is 11.4 Å². The smallest absolute Gasteiger partial charge is 0.252 e. The van der Waals surface area contributed by atoms with Gasteiger partial charge in [0.15, 0.2) is 9.84 Å². The Morgan fingerprint density at radius 1 is 1.18 bits per heavy atom. The number of carbonyl (C=O) groups is 2. The topological polar surface area (TPSA) is 83.6 Å². The molecular weight excluding hydrogens is 403 g/mol. The number of rotatable bonds is 5. The van der Waals surface area contributed by atoms with Crippen molar-refractivity contribution in [2.24, 2.45) is 0 Å². The molecule has 0 radical (unpaired) electrons. The number of hydrogen-bond donors (Lipinski definition) is 1. The number of halogens is 1. The molecule has 1 aliphatic rings. The molecule has 1 atom stereocenters. The summed E-state index contributed by atoms with van der Waals surface area (Å²) in [5, 5.41) is 5.30. The zero-order valence-electron chi connectivity index (χ0n) is 15.3. The van der Waals surface area contributed by atoms with Crippen LogP contribution in [0.25, 0.3) is 0 Å². The van der Waals surface area contributed by atoms with Crippen LogP contribution >= 0.6 is 11.3 Å². The van der Waals surface area contributed by atoms with Crippen LogP contribution in [-0.2, 0) is 14.6 Å². The van der Waals surface area contributed by atoms with E-state index in [0.717, 1.165) is 12.1 Å². The van der Waals surface area contributed by atoms with Gasteiger partial charge < -0.3 is 10.2 Å². The van der Waals surface area contributed by atoms with Crippen LogP contribution in [0.2, 0.25) is 0 Å². The Hall–Kier alpha value is -2.26. The van der Waals surface area contributed by atoms with Gasteiger partial charge in [-0.1, -0.05) is 0 Å². The van der Waals surface area contributed by atoms with Crippen molar-refractivity contribution in [3.8, 4) is 0 Å². The molecule has 0 aliphatic carbocycles. The summed E-state index contributed by atoms with van der Waals surface area (Å²) in [5.41, 5.74) is 0.613. The predicted molar refractivity (Wildman–Crippen MR) is 104 cm³/mol. The van der Waals surface area contributed by atoms with Crippen molar-refractivity contribution in [3.63, 3.8) is 0 Å². The Labute approximate surface area is 167 Å². The Balaban J connectivity index is 1.58. The number of nitrogens with zero attached hydrogens (tertiary/aromatic N) is 1. The number of hydrogen-bond acceptors (Lipinski definition) is 5. The van der Waals surface area contributed by atoms with Crippen molar-refractivity contribution in [2.45, 2.75) is 36.0 Å². The molecule has 1 saturated heterocycles. The van der Waals surface area contributed by atoms with Crippen molar-refractivity contribution in [3.05, 3.63) is 52.5 Å². The second kappa shape index (κ2) is 8.40. The lowest BCUT2D eigenvalue weighted by Gasteiger charge is -2.33. The summed E-state index contributed by atoms with van der Waals surface area (Å²) in [6, 6.07) is 6.15. The molecule has 1 aromatic carbocycles. The van der Waals surface area contributed by atoms with E-state index in [-0.39, 0.29) is 16.8 Å². The van der Waals surface area contributed by atoms with Crippen molar-refractivity contribution >= 4 is 33.0 Å². The molecule has 1 unspecified atom stereocenters. The van der Waals surface area contributed by atoms with Gasteiger partial charge >= 0.3 is 0 Å². The highest BCUT2D eigenvalue weighted by atomic mass is 32.2. The summed E-state index contributed by atoms with van der Waals surface area (Å²) in [5.74, 6) is -1.16. The second-order valence-corrected chi connectivity index (χ2v) is 9.77. The van der Waals surface area contributed by atoms with Crippen LogP contribution in [0.4, 0.5) is 4.39 Å². The van der Waals surface area contributed by atoms with Gasteiger partial charge in [0.05, 0.1) is 4.90 Å². The minimum absolute atomic E-state index is 0.0551. The summed E-state index contributed by atoms with van der Waals surface area (Å²) in [4.78, 5) is 26.2. The molecule has 2 heterocycles. The van der Waals surface area contributed by atoms with E-state index in [0.29, 0.717) is 31.5 Å². The molecule has 150 valence electrons. The molecule has 6 nitrogen and oxygen atoms in total. The standard InChI is InChI=1S/C19H21FN2O4S2/c1-13(28(25,26)17-4-2-15(20)3-5-17)19(24)22-9-6-16(7-10-22)21-18(23)14-8-11-27-12-14/h2-5,8,11-13,16H,6-7,9-10H2,1H3,(H,21,23). The molecule has 2 aromatic rings. The normalized spacial score (nSPS) is 16.6. The van der Waals surface area contributed by atoms with E-state index in [2.05, 4.69) is 5.32 Å². The Morgan fingerprint density at radius 2 is 1.82 bits per heavy atom. The van der Waals surface area contributed by atoms with Crippen molar-refractivity contribution < 1.29 is 22.4 Å². The van der Waals surface area contributed by atoms with E-state index in [1.165, 1.54) is 35.3 Å². The average molecular weight is 425 g/mol. The van der Waals surface area contributed by atoms with E-state index in [1.807, 2.05) is 5.38 Å². The third-order valence-corrected chi connectivity index (χ3v) is 7.63. The molecule has 1 fully saturated rings. The fraction of sp³-hybridized carbons (Fsp3) is 0.368. The third-order valence-electron chi connectivity index (χ3n) is 4.88. The molecule has 1 aromatic heterocycles. The average Bonchev–Trinajstić information content (AvgIpc) is 3.23. The SMILES string of the molecule is CC(C(=O)N1CCC(NC(=O)c2ccsc2)CC1)S(=O)(=O)c1ccc(F)cc1. The number of nitrogens with one attached hydrogen (secondary N) is 1. The van der Waals surface area contributed by atoms with E-state index in [9.17, 15) is 22.4 Å². The zero-order valence-corrected chi connectivity index (χ0v) is 16.9. The molecular formula is C19H21FN2O4S2. The van der Waals surface area contributed by atoms with Gasteiger partial charge in [-0.2, -0.15) is 11.3 Å². The molecule has 0 spiro atoms. The molecule has 9 heteroatoms. The highest BCUT2D eigenvalue weighted by molar-refractivity contribution is 7.92. The van der Waals surface area contributed by atoms with Crippen LogP contribution in [0.1, 0.15) is 30.1 Å². The van der Waals surface area contributed by atoms with Crippen LogP contribution in [0.15, 0.2) is 46.0 Å². The van der Waals surface area contributed by atoms with E-state index in [4.69, 9.17) is 0 Å². The lowest BCUT2D eigenvalue weighted by molar-refractivity contribution is -0.131. The fourth-order valence-electron chi connectivity index (χ4n) is 3.12. The van der Waals surface area contributed by atoms with Gasteiger partial charge in [-0.05, 0) is 55.5 Å². The third kappa shape index (κ3) is 4.41. The van der Waals surface area contributed by atoms with Crippen molar-refractivity contribution in [1.29, 1.82) is 0 Å². The van der Waals surface area contributed by atoms with Gasteiger partial charge in [0.2, 0.25) is 5.91 Å². The first-order valence-electron chi connectivity index (χ1n) is 8.90. The van der Waals surface area contributed by atoms with Crippen LogP contribution in [0.3, 0.4) is 0 Å². The van der Waals surface area contributed by atoms with Gasteiger partial charge in [-0.25, -0.2) is 12.8 Å². The summed E-state index contributed by atoms with van der Waals surface area (Å²) < 4.78 is 38.3. The van der Waals surface area contributed by atoms with Crippen LogP contribution in [-0.4, -0.2) is 49.5 Å². The lowest BCUT2D eigenvalue weighted by atomic mass is 10.0. The molecule has 1 aliphatic heterocycles.